The summed E-state index contributed by atoms with van der Waals surface area (Å²) in [5.74, 6) is 1.78. The lowest BCUT2D eigenvalue weighted by atomic mass is 9.99. The molecule has 0 aliphatic rings. The van der Waals surface area contributed by atoms with Gasteiger partial charge in [0.15, 0.2) is 17.5 Å². The summed E-state index contributed by atoms with van der Waals surface area (Å²) < 4.78 is 12.8. The van der Waals surface area contributed by atoms with Gasteiger partial charge in [-0.05, 0) is 81.9 Å². The van der Waals surface area contributed by atoms with Crippen LogP contribution in [-0.2, 0) is 0 Å². The Morgan fingerprint density at radius 2 is 0.768 bits per heavy atom. The second kappa shape index (κ2) is 13.0. The molecule has 3 heterocycles. The Balaban J connectivity index is 1.04. The van der Waals surface area contributed by atoms with Gasteiger partial charge in [0.05, 0.1) is 0 Å². The Morgan fingerprint density at radius 3 is 1.50 bits per heavy atom. The second-order valence-corrected chi connectivity index (χ2v) is 14.0. The molecule has 0 unspecified atom stereocenters. The molecule has 8 aromatic carbocycles. The Labute approximate surface area is 322 Å². The third-order valence-corrected chi connectivity index (χ3v) is 10.5. The molecule has 0 N–H and O–H groups in total. The van der Waals surface area contributed by atoms with Crippen LogP contribution in [0.4, 0.5) is 0 Å². The van der Waals surface area contributed by atoms with Crippen molar-refractivity contribution in [1.82, 2.24) is 15.0 Å². The predicted octanol–water partition coefficient (Wildman–Crippen LogP) is 13.7. The van der Waals surface area contributed by atoms with Crippen LogP contribution >= 0.6 is 0 Å². The SMILES string of the molecule is c1ccc(-c2ccc3c(c2)oc2ccc(-c4cccc(-c5nc(-c6ccccc6)nc(-c6cccc7oc8ccc(-c9ccccc9)cc8c67)n5)c4)cc23)cc1. The fourth-order valence-electron chi connectivity index (χ4n) is 7.77. The van der Waals surface area contributed by atoms with Gasteiger partial charge in [-0.1, -0.05) is 140 Å². The van der Waals surface area contributed by atoms with Gasteiger partial charge < -0.3 is 8.83 Å². The highest BCUT2D eigenvalue weighted by Gasteiger charge is 2.19. The summed E-state index contributed by atoms with van der Waals surface area (Å²) in [6, 6.07) is 64.6. The molecule has 56 heavy (non-hydrogen) atoms. The van der Waals surface area contributed by atoms with Gasteiger partial charge in [0, 0.05) is 38.2 Å². The van der Waals surface area contributed by atoms with Crippen molar-refractivity contribution in [3.63, 3.8) is 0 Å². The van der Waals surface area contributed by atoms with E-state index in [0.717, 1.165) is 93.9 Å². The van der Waals surface area contributed by atoms with E-state index in [1.54, 1.807) is 0 Å². The fourth-order valence-corrected chi connectivity index (χ4v) is 7.77. The third-order valence-electron chi connectivity index (χ3n) is 10.5. The minimum absolute atomic E-state index is 0.582. The molecule has 5 heteroatoms. The first-order valence-electron chi connectivity index (χ1n) is 18.7. The van der Waals surface area contributed by atoms with E-state index in [4.69, 9.17) is 23.8 Å². The van der Waals surface area contributed by atoms with E-state index in [0.29, 0.717) is 17.5 Å². The summed E-state index contributed by atoms with van der Waals surface area (Å²) in [4.78, 5) is 15.4. The number of furan rings is 2. The third kappa shape index (κ3) is 5.53. The molecule has 0 atom stereocenters. The molecular formula is C51H31N3O2. The normalized spacial score (nSPS) is 11.6. The topological polar surface area (TPSA) is 65.0 Å². The quantitative estimate of drug-likeness (QED) is 0.171. The van der Waals surface area contributed by atoms with E-state index in [9.17, 15) is 0 Å². The lowest BCUT2D eigenvalue weighted by Crippen LogP contribution is -2.00. The van der Waals surface area contributed by atoms with Gasteiger partial charge in [0.25, 0.3) is 0 Å². The van der Waals surface area contributed by atoms with E-state index in [-0.39, 0.29) is 0 Å². The van der Waals surface area contributed by atoms with Crippen LogP contribution in [0, 0.1) is 0 Å². The number of hydrogen-bond donors (Lipinski definition) is 0. The molecular weight excluding hydrogens is 687 g/mol. The Bertz CT molecular complexity index is 3240. The molecule has 11 rings (SSSR count). The van der Waals surface area contributed by atoms with Crippen molar-refractivity contribution < 1.29 is 8.83 Å². The predicted molar refractivity (Wildman–Crippen MR) is 227 cm³/mol. The van der Waals surface area contributed by atoms with E-state index in [1.165, 1.54) is 0 Å². The van der Waals surface area contributed by atoms with Crippen LogP contribution < -0.4 is 0 Å². The first-order valence-corrected chi connectivity index (χ1v) is 18.7. The summed E-state index contributed by atoms with van der Waals surface area (Å²) in [6.07, 6.45) is 0. The maximum atomic E-state index is 6.40. The van der Waals surface area contributed by atoms with Crippen LogP contribution in [0.2, 0.25) is 0 Å². The van der Waals surface area contributed by atoms with E-state index in [2.05, 4.69) is 127 Å². The number of hydrogen-bond acceptors (Lipinski definition) is 5. The molecule has 0 aliphatic carbocycles. The van der Waals surface area contributed by atoms with Crippen molar-refractivity contribution in [1.29, 1.82) is 0 Å². The van der Waals surface area contributed by atoms with Gasteiger partial charge >= 0.3 is 0 Å². The molecule has 3 aromatic heterocycles. The monoisotopic (exact) mass is 717 g/mol. The summed E-state index contributed by atoms with van der Waals surface area (Å²) in [5, 5.41) is 4.15. The molecule has 0 spiro atoms. The average molecular weight is 718 g/mol. The van der Waals surface area contributed by atoms with Crippen molar-refractivity contribution in [3.05, 3.63) is 188 Å². The van der Waals surface area contributed by atoms with Crippen LogP contribution in [0.15, 0.2) is 197 Å². The maximum Gasteiger partial charge on any atom is 0.164 e. The van der Waals surface area contributed by atoms with Gasteiger partial charge in [0.1, 0.15) is 22.3 Å². The molecule has 0 radical (unpaired) electrons. The molecule has 0 saturated carbocycles. The zero-order valence-corrected chi connectivity index (χ0v) is 30.1. The Kier molecular flexibility index (Phi) is 7.42. The zero-order chi connectivity index (χ0) is 37.0. The number of aromatic nitrogens is 3. The van der Waals surface area contributed by atoms with Crippen LogP contribution in [0.25, 0.3) is 111 Å². The highest BCUT2D eigenvalue weighted by atomic mass is 16.3. The minimum Gasteiger partial charge on any atom is -0.456 e. The minimum atomic E-state index is 0.582. The first kappa shape index (κ1) is 31.9. The molecule has 5 nitrogen and oxygen atoms in total. The van der Waals surface area contributed by atoms with Crippen molar-refractivity contribution in [3.8, 4) is 67.5 Å². The van der Waals surface area contributed by atoms with Crippen molar-refractivity contribution in [2.75, 3.05) is 0 Å². The number of fused-ring (bicyclic) bond motifs is 6. The average Bonchev–Trinajstić information content (AvgIpc) is 3.84. The number of nitrogens with zero attached hydrogens (tertiary/aromatic N) is 3. The van der Waals surface area contributed by atoms with Crippen LogP contribution in [-0.4, -0.2) is 15.0 Å². The van der Waals surface area contributed by atoms with Crippen LogP contribution in [0.5, 0.6) is 0 Å². The Morgan fingerprint density at radius 1 is 0.268 bits per heavy atom. The Hall–Kier alpha value is -7.63. The van der Waals surface area contributed by atoms with Crippen molar-refractivity contribution in [2.45, 2.75) is 0 Å². The zero-order valence-electron chi connectivity index (χ0n) is 30.1. The molecule has 262 valence electrons. The highest BCUT2D eigenvalue weighted by molar-refractivity contribution is 6.13. The van der Waals surface area contributed by atoms with Gasteiger partial charge in [-0.3, -0.25) is 0 Å². The molecule has 0 saturated heterocycles. The lowest BCUT2D eigenvalue weighted by Gasteiger charge is -2.10. The van der Waals surface area contributed by atoms with Gasteiger partial charge in [0.2, 0.25) is 0 Å². The van der Waals surface area contributed by atoms with Gasteiger partial charge in [-0.2, -0.15) is 0 Å². The summed E-state index contributed by atoms with van der Waals surface area (Å²) in [5.41, 5.74) is 12.7. The molecule has 0 amide bonds. The summed E-state index contributed by atoms with van der Waals surface area (Å²) in [6.45, 7) is 0. The van der Waals surface area contributed by atoms with E-state index < -0.39 is 0 Å². The smallest absolute Gasteiger partial charge is 0.164 e. The number of rotatable bonds is 6. The number of benzene rings is 8. The lowest BCUT2D eigenvalue weighted by molar-refractivity contribution is 0.668. The van der Waals surface area contributed by atoms with E-state index >= 15 is 0 Å². The maximum absolute atomic E-state index is 6.40. The van der Waals surface area contributed by atoms with Gasteiger partial charge in [-0.25, -0.2) is 15.0 Å². The molecule has 11 aromatic rings. The largest absolute Gasteiger partial charge is 0.456 e. The first-order chi connectivity index (χ1) is 27.7. The summed E-state index contributed by atoms with van der Waals surface area (Å²) in [7, 11) is 0. The molecule has 0 bridgehead atoms. The van der Waals surface area contributed by atoms with Gasteiger partial charge in [-0.15, -0.1) is 0 Å². The van der Waals surface area contributed by atoms with Crippen LogP contribution in [0.3, 0.4) is 0 Å². The summed E-state index contributed by atoms with van der Waals surface area (Å²) >= 11 is 0. The van der Waals surface area contributed by atoms with Crippen molar-refractivity contribution in [2.24, 2.45) is 0 Å². The standard InChI is InChI=1S/C51H31N3O2/c1-4-12-32(13-5-1)36-23-27-45-43(30-36)48-41(20-11-21-46(48)55-45)51-53-49(34-16-8-3-9-17-34)52-50(54-51)39-19-10-18-35(28-39)37-24-26-44-42(29-37)40-25-22-38(31-47(40)56-44)33-14-6-2-7-15-33/h1-31H. The van der Waals surface area contributed by atoms with Crippen LogP contribution in [0.1, 0.15) is 0 Å². The van der Waals surface area contributed by atoms with Crippen molar-refractivity contribution >= 4 is 43.9 Å². The molecule has 0 aliphatic heterocycles. The van der Waals surface area contributed by atoms with E-state index in [1.807, 2.05) is 60.7 Å². The molecule has 0 fully saturated rings. The fraction of sp³-hybridized carbons (Fsp3) is 0. The second-order valence-electron chi connectivity index (χ2n) is 14.0. The highest BCUT2D eigenvalue weighted by Crippen LogP contribution is 2.39.